The van der Waals surface area contributed by atoms with E-state index in [1.165, 1.54) is 41.3 Å². The van der Waals surface area contributed by atoms with Gasteiger partial charge in [-0.25, -0.2) is 4.39 Å². The summed E-state index contributed by atoms with van der Waals surface area (Å²) in [5.74, 6) is -0.330. The Labute approximate surface area is 236 Å². The topological polar surface area (TPSA) is 115 Å². The van der Waals surface area contributed by atoms with Gasteiger partial charge in [-0.15, -0.1) is 20.4 Å². The summed E-state index contributed by atoms with van der Waals surface area (Å²) in [5.41, 5.74) is 2.60. The molecular formula is C24H23ClFN7O2S3. The number of aromatic nitrogens is 5. The molecule has 9 nitrogen and oxygen atoms in total. The van der Waals surface area contributed by atoms with Crippen molar-refractivity contribution in [1.29, 1.82) is 0 Å². The summed E-state index contributed by atoms with van der Waals surface area (Å²) in [4.78, 5) is 25.3. The number of thioether (sulfide) groups is 2. The molecule has 0 radical (unpaired) electrons. The van der Waals surface area contributed by atoms with Crippen LogP contribution in [0.5, 0.6) is 0 Å². The third-order valence-corrected chi connectivity index (χ3v) is 8.47. The molecule has 0 spiro atoms. The molecule has 0 bridgehead atoms. The summed E-state index contributed by atoms with van der Waals surface area (Å²) in [6.45, 7) is 5.92. The molecular weight excluding hydrogens is 569 g/mol. The maximum Gasteiger partial charge on any atom is 0.256 e. The molecule has 0 saturated carbocycles. The van der Waals surface area contributed by atoms with Crippen LogP contribution in [0.2, 0.25) is 5.02 Å². The first kappa shape index (κ1) is 28.0. The van der Waals surface area contributed by atoms with Crippen molar-refractivity contribution in [2.24, 2.45) is 0 Å². The Bertz CT molecular complexity index is 1460. The summed E-state index contributed by atoms with van der Waals surface area (Å²) in [5, 5.41) is 22.9. The average Bonchev–Trinajstić information content (AvgIpc) is 3.49. The average molecular weight is 592 g/mol. The highest BCUT2D eigenvalue weighted by molar-refractivity contribution is 8.01. The molecule has 0 aliphatic rings. The lowest BCUT2D eigenvalue weighted by molar-refractivity contribution is -0.113. The van der Waals surface area contributed by atoms with Gasteiger partial charge in [0, 0.05) is 0 Å². The van der Waals surface area contributed by atoms with Crippen molar-refractivity contribution in [1.82, 2.24) is 30.3 Å². The highest BCUT2D eigenvalue weighted by atomic mass is 35.5. The predicted molar refractivity (Wildman–Crippen MR) is 149 cm³/mol. The second-order valence-corrected chi connectivity index (χ2v) is 11.7. The number of carbonyl (C=O) groups excluding carboxylic acids is 2. The predicted octanol–water partition coefficient (Wildman–Crippen LogP) is 5.30. The molecule has 38 heavy (non-hydrogen) atoms. The van der Waals surface area contributed by atoms with E-state index in [0.29, 0.717) is 16.1 Å². The van der Waals surface area contributed by atoms with Gasteiger partial charge >= 0.3 is 0 Å². The molecule has 198 valence electrons. The molecule has 2 N–H and O–H groups in total. The number of nitrogens with one attached hydrogen (secondary N) is 2. The fourth-order valence-corrected chi connectivity index (χ4v) is 6.10. The van der Waals surface area contributed by atoms with Gasteiger partial charge in [0.2, 0.25) is 11.0 Å². The quantitative estimate of drug-likeness (QED) is 0.189. The van der Waals surface area contributed by atoms with E-state index in [9.17, 15) is 14.0 Å². The molecule has 4 rings (SSSR count). The third kappa shape index (κ3) is 6.52. The van der Waals surface area contributed by atoms with Crippen molar-refractivity contribution < 1.29 is 14.0 Å². The standard InChI is InChI=1S/C24H23ClFN7O2S3/c1-4-36-24-32-30-22(38-24)28-19(34)12-37-23-31-29-18(33(23)17-10-5-7-13(2)14(17)3)11-27-21(35)20-15(25)8-6-9-16(20)26/h5-10H,4,11-12H2,1-3H3,(H,27,35)(H,28,30,34). The lowest BCUT2D eigenvalue weighted by atomic mass is 10.1. The molecule has 2 aromatic heterocycles. The van der Waals surface area contributed by atoms with E-state index >= 15 is 0 Å². The molecule has 0 aliphatic carbocycles. The Morgan fingerprint density at radius 1 is 1.08 bits per heavy atom. The number of carbonyl (C=O) groups is 2. The number of halogens is 2. The minimum Gasteiger partial charge on any atom is -0.345 e. The zero-order valence-corrected chi connectivity index (χ0v) is 23.8. The van der Waals surface area contributed by atoms with Gasteiger partial charge in [-0.1, -0.05) is 71.6 Å². The van der Waals surface area contributed by atoms with E-state index in [4.69, 9.17) is 11.6 Å². The molecule has 14 heteroatoms. The smallest absolute Gasteiger partial charge is 0.256 e. The summed E-state index contributed by atoms with van der Waals surface area (Å²) < 4.78 is 16.8. The molecule has 2 heterocycles. The van der Waals surface area contributed by atoms with E-state index in [1.807, 2.05) is 39.0 Å². The van der Waals surface area contributed by atoms with Crippen LogP contribution in [0.4, 0.5) is 9.52 Å². The Morgan fingerprint density at radius 3 is 2.63 bits per heavy atom. The van der Waals surface area contributed by atoms with Gasteiger partial charge in [0.25, 0.3) is 5.91 Å². The molecule has 4 aromatic rings. The van der Waals surface area contributed by atoms with E-state index in [-0.39, 0.29) is 28.8 Å². The van der Waals surface area contributed by atoms with Gasteiger partial charge in [0.1, 0.15) is 5.82 Å². The van der Waals surface area contributed by atoms with Gasteiger partial charge in [-0.3, -0.25) is 19.5 Å². The summed E-state index contributed by atoms with van der Waals surface area (Å²) in [6, 6.07) is 9.84. The van der Waals surface area contributed by atoms with Crippen LogP contribution in [-0.2, 0) is 11.3 Å². The number of anilines is 1. The first-order valence-electron chi connectivity index (χ1n) is 11.4. The second-order valence-electron chi connectivity index (χ2n) is 7.88. The SMILES string of the molecule is CCSc1nnc(NC(=O)CSc2nnc(CNC(=O)c3c(F)cccc3Cl)n2-c2cccc(C)c2C)s1. The molecule has 0 saturated heterocycles. The van der Waals surface area contributed by atoms with Crippen molar-refractivity contribution >= 4 is 63.4 Å². The first-order chi connectivity index (χ1) is 18.3. The van der Waals surface area contributed by atoms with Gasteiger partial charge in [-0.2, -0.15) is 0 Å². The normalized spacial score (nSPS) is 11.0. The molecule has 2 amide bonds. The summed E-state index contributed by atoms with van der Waals surface area (Å²) >= 11 is 10.1. The van der Waals surface area contributed by atoms with Crippen LogP contribution in [0.15, 0.2) is 45.9 Å². The van der Waals surface area contributed by atoms with Crippen molar-refractivity contribution in [3.05, 3.63) is 69.8 Å². The van der Waals surface area contributed by atoms with E-state index in [2.05, 4.69) is 31.0 Å². The van der Waals surface area contributed by atoms with Crippen LogP contribution in [0.25, 0.3) is 5.69 Å². The van der Waals surface area contributed by atoms with Crippen LogP contribution in [0.3, 0.4) is 0 Å². The van der Waals surface area contributed by atoms with Gasteiger partial charge in [0.05, 0.1) is 28.6 Å². The first-order valence-corrected chi connectivity index (χ1v) is 14.6. The Morgan fingerprint density at radius 2 is 1.87 bits per heavy atom. The number of benzene rings is 2. The van der Waals surface area contributed by atoms with Crippen molar-refractivity contribution in [2.75, 3.05) is 16.8 Å². The van der Waals surface area contributed by atoms with Crippen LogP contribution in [0.1, 0.15) is 34.2 Å². The van der Waals surface area contributed by atoms with E-state index in [0.717, 1.165) is 26.9 Å². The molecule has 0 unspecified atom stereocenters. The molecule has 0 aliphatic heterocycles. The highest BCUT2D eigenvalue weighted by Gasteiger charge is 2.21. The lowest BCUT2D eigenvalue weighted by Crippen LogP contribution is -2.26. The third-order valence-electron chi connectivity index (χ3n) is 5.37. The Hall–Kier alpha value is -3.00. The number of amides is 2. The Kier molecular flexibility index (Phi) is 9.36. The lowest BCUT2D eigenvalue weighted by Gasteiger charge is -2.15. The van der Waals surface area contributed by atoms with Crippen LogP contribution in [-0.4, -0.2) is 48.3 Å². The molecule has 0 fully saturated rings. The fourth-order valence-electron chi connectivity index (χ4n) is 3.42. The van der Waals surface area contributed by atoms with Crippen LogP contribution in [0, 0.1) is 19.7 Å². The van der Waals surface area contributed by atoms with Crippen molar-refractivity contribution in [3.8, 4) is 5.69 Å². The van der Waals surface area contributed by atoms with Crippen molar-refractivity contribution in [3.63, 3.8) is 0 Å². The number of aryl methyl sites for hydroxylation is 1. The number of hydrogen-bond donors (Lipinski definition) is 2. The zero-order chi connectivity index (χ0) is 27.2. The maximum atomic E-state index is 14.2. The molecule has 0 atom stereocenters. The largest absolute Gasteiger partial charge is 0.345 e. The second kappa shape index (κ2) is 12.7. The monoisotopic (exact) mass is 591 g/mol. The van der Waals surface area contributed by atoms with E-state index in [1.54, 1.807) is 16.3 Å². The van der Waals surface area contributed by atoms with Crippen LogP contribution < -0.4 is 10.6 Å². The number of hydrogen-bond acceptors (Lipinski definition) is 9. The minimum atomic E-state index is -0.718. The Balaban J connectivity index is 1.54. The number of rotatable bonds is 10. The van der Waals surface area contributed by atoms with E-state index < -0.39 is 11.7 Å². The fraction of sp³-hybridized carbons (Fsp3) is 0.250. The summed E-state index contributed by atoms with van der Waals surface area (Å²) in [7, 11) is 0. The van der Waals surface area contributed by atoms with Crippen LogP contribution >= 0.6 is 46.5 Å². The number of nitrogens with zero attached hydrogens (tertiary/aromatic N) is 5. The molecule has 2 aromatic carbocycles. The highest BCUT2D eigenvalue weighted by Crippen LogP contribution is 2.28. The van der Waals surface area contributed by atoms with Gasteiger partial charge in [-0.05, 0) is 48.9 Å². The minimum absolute atomic E-state index is 0.0107. The maximum absolute atomic E-state index is 14.2. The van der Waals surface area contributed by atoms with Gasteiger partial charge < -0.3 is 5.32 Å². The summed E-state index contributed by atoms with van der Waals surface area (Å²) in [6.07, 6.45) is 0. The zero-order valence-electron chi connectivity index (χ0n) is 20.6. The van der Waals surface area contributed by atoms with Crippen molar-refractivity contribution in [2.45, 2.75) is 36.8 Å². The van der Waals surface area contributed by atoms with Gasteiger partial charge in [0.15, 0.2) is 15.3 Å².